The molecule has 8 bridgehead atoms. The first-order valence-electron chi connectivity index (χ1n) is 19.9. The maximum atomic E-state index is 12.6. The molecule has 5 atom stereocenters. The molecule has 5 rings (SSSR count). The van der Waals surface area contributed by atoms with E-state index in [1.54, 1.807) is 19.9 Å². The molecule has 0 radical (unpaired) electrons. The molecule has 0 amide bonds. The fourth-order valence-electron chi connectivity index (χ4n) is 9.55. The van der Waals surface area contributed by atoms with Gasteiger partial charge in [0.2, 0.25) is 0 Å². The van der Waals surface area contributed by atoms with Crippen LogP contribution in [0.1, 0.15) is 110 Å². The van der Waals surface area contributed by atoms with Crippen molar-refractivity contribution in [3.8, 4) is 0 Å². The van der Waals surface area contributed by atoms with Gasteiger partial charge in [0.05, 0.1) is 31.7 Å². The highest BCUT2D eigenvalue weighted by atomic mass is 16.4. The average molecular weight is 867 g/mol. The Labute approximate surface area is 353 Å². The van der Waals surface area contributed by atoms with Gasteiger partial charge < -0.3 is 61.5 Å². The molecule has 0 spiro atoms. The molecule has 12 N–H and O–H groups in total. The van der Waals surface area contributed by atoms with Gasteiger partial charge in [0.1, 0.15) is 0 Å². The zero-order chi connectivity index (χ0) is 45.8. The Bertz CT molecular complexity index is 2300. The second-order valence-electron chi connectivity index (χ2n) is 16.6. The highest BCUT2D eigenvalue weighted by Crippen LogP contribution is 2.53. The largest absolute Gasteiger partial charge is 0.481 e. The average Bonchev–Trinajstić information content (AvgIpc) is 3.77. The van der Waals surface area contributed by atoms with Crippen molar-refractivity contribution in [3.05, 3.63) is 68.2 Å². The number of aromatic nitrogens is 2. The highest BCUT2D eigenvalue weighted by Gasteiger charge is 2.53. The molecule has 334 valence electrons. The molecule has 0 saturated carbocycles. The SMILES string of the molecule is C[C@]1(CC(=O)O)[C@H](CCC(=O)O)/C2=C/c3[nH]c(c(CCC(=O)O)c3CC(=O)O)Cc3[nH]c(c(CC(=O)O)c3CCC(=O)O)/C=C3\N/C(=C\[C@H]1N2)[C@@H](CCC(=O)O)[C@]3(C)CC(=O)O. The van der Waals surface area contributed by atoms with E-state index in [1.807, 2.05) is 0 Å². The van der Waals surface area contributed by atoms with Gasteiger partial charge in [-0.2, -0.15) is 0 Å². The number of carboxylic acid groups (broad SMARTS) is 8. The number of aliphatic carboxylic acids is 8. The van der Waals surface area contributed by atoms with Gasteiger partial charge in [0, 0.05) is 94.6 Å². The molecule has 62 heavy (non-hydrogen) atoms. The molecule has 20 heteroatoms. The number of nitrogens with one attached hydrogen (secondary N) is 4. The van der Waals surface area contributed by atoms with Crippen molar-refractivity contribution in [1.29, 1.82) is 0 Å². The minimum atomic E-state index is -1.40. The summed E-state index contributed by atoms with van der Waals surface area (Å²) in [5, 5.41) is 86.5. The summed E-state index contributed by atoms with van der Waals surface area (Å²) in [4.78, 5) is 104. The van der Waals surface area contributed by atoms with E-state index in [2.05, 4.69) is 20.6 Å². The van der Waals surface area contributed by atoms with E-state index < -0.39 is 128 Å². The summed E-state index contributed by atoms with van der Waals surface area (Å²) in [5.74, 6) is -11.5. The van der Waals surface area contributed by atoms with Crippen LogP contribution in [0.15, 0.2) is 23.2 Å². The summed E-state index contributed by atoms with van der Waals surface area (Å²) in [6.07, 6.45) is -0.0379. The molecule has 2 saturated heterocycles. The van der Waals surface area contributed by atoms with Crippen molar-refractivity contribution >= 4 is 59.9 Å². The number of hydrogen-bond acceptors (Lipinski definition) is 10. The lowest BCUT2D eigenvalue weighted by Gasteiger charge is -2.34. The lowest BCUT2D eigenvalue weighted by molar-refractivity contribution is -0.141. The topological polar surface area (TPSA) is 354 Å². The van der Waals surface area contributed by atoms with Gasteiger partial charge in [0.25, 0.3) is 0 Å². The molecular formula is C42H50N4O16. The van der Waals surface area contributed by atoms with Crippen molar-refractivity contribution in [3.63, 3.8) is 0 Å². The van der Waals surface area contributed by atoms with Gasteiger partial charge in [-0.1, -0.05) is 13.8 Å². The molecule has 0 aromatic carbocycles. The third kappa shape index (κ3) is 10.2. The predicted octanol–water partition coefficient (Wildman–Crippen LogP) is 3.30. The van der Waals surface area contributed by atoms with Crippen molar-refractivity contribution in [2.75, 3.05) is 0 Å². The van der Waals surface area contributed by atoms with Crippen LogP contribution >= 0.6 is 0 Å². The van der Waals surface area contributed by atoms with E-state index in [0.29, 0.717) is 33.9 Å². The number of fused-ring (bicyclic) bond motifs is 8. The summed E-state index contributed by atoms with van der Waals surface area (Å²) in [7, 11) is 0. The maximum absolute atomic E-state index is 12.6. The molecule has 20 nitrogen and oxygen atoms in total. The lowest BCUT2D eigenvalue weighted by atomic mass is 9.68. The van der Waals surface area contributed by atoms with Crippen molar-refractivity contribution in [2.45, 2.75) is 103 Å². The Morgan fingerprint density at radius 2 is 1.03 bits per heavy atom. The molecule has 2 aromatic heterocycles. The summed E-state index contributed by atoms with van der Waals surface area (Å²) in [5.41, 5.74) is -0.0171. The van der Waals surface area contributed by atoms with Crippen LogP contribution in [0.5, 0.6) is 0 Å². The minimum Gasteiger partial charge on any atom is -0.481 e. The lowest BCUT2D eigenvalue weighted by Crippen LogP contribution is -2.38. The van der Waals surface area contributed by atoms with Crippen LogP contribution in [0.25, 0.3) is 12.2 Å². The number of aromatic amines is 2. The molecule has 3 aliphatic heterocycles. The Balaban J connectivity index is 1.95. The van der Waals surface area contributed by atoms with Crippen molar-refractivity contribution in [1.82, 2.24) is 20.6 Å². The van der Waals surface area contributed by atoms with Crippen molar-refractivity contribution in [2.24, 2.45) is 22.7 Å². The first-order chi connectivity index (χ1) is 29.0. The quantitative estimate of drug-likeness (QED) is 0.0908. The number of carboxylic acids is 8. The van der Waals surface area contributed by atoms with Crippen LogP contribution < -0.4 is 10.6 Å². The summed E-state index contributed by atoms with van der Waals surface area (Å²) >= 11 is 0. The number of hydrogen-bond donors (Lipinski definition) is 12. The number of rotatable bonds is 20. The Hall–Kier alpha value is -6.86. The Kier molecular flexibility index (Phi) is 13.7. The smallest absolute Gasteiger partial charge is 0.307 e. The van der Waals surface area contributed by atoms with Gasteiger partial charge in [-0.3, -0.25) is 38.4 Å². The predicted molar refractivity (Wildman–Crippen MR) is 215 cm³/mol. The van der Waals surface area contributed by atoms with E-state index in [4.69, 9.17) is 0 Å². The summed E-state index contributed by atoms with van der Waals surface area (Å²) < 4.78 is 0. The summed E-state index contributed by atoms with van der Waals surface area (Å²) in [6, 6.07) is -0.953. The standard InChI is InChI=1S/C42H50N4O16/c1-41(17-39(59)60)23(5-9-35(51)52)29-14-27-21(11-37(55)56)19(3-7-33(47)48)25(43-27)13-26-20(4-8-34(49)50)22(12-38(57)58)28(44-26)15-31-42(2,18-40(61)62)24(6-10-36(53)54)30(46-31)16-32(41)45-29/h14-16,23-24,32,43-46H,3-13,17-18H2,1-2H3,(H,47,48)(H,49,50)(H,51,52)(H,53,54)(H,55,56)(H,57,58)(H,59,60)(H,61,62)/b29-14-,30-16-,31-15-/t23-,24-,32-,41+,42+/m1/s1. The molecule has 5 heterocycles. The third-order valence-electron chi connectivity index (χ3n) is 12.4. The van der Waals surface area contributed by atoms with E-state index in [-0.39, 0.29) is 60.3 Å². The van der Waals surface area contributed by atoms with Gasteiger partial charge in [0.15, 0.2) is 0 Å². The van der Waals surface area contributed by atoms with Crippen LogP contribution in [0.4, 0.5) is 0 Å². The third-order valence-corrected chi connectivity index (χ3v) is 12.4. The van der Waals surface area contributed by atoms with E-state index in [0.717, 1.165) is 0 Å². The summed E-state index contributed by atoms with van der Waals surface area (Å²) in [6.45, 7) is 3.24. The van der Waals surface area contributed by atoms with E-state index in [1.165, 1.54) is 12.2 Å². The first-order valence-corrected chi connectivity index (χ1v) is 19.9. The van der Waals surface area contributed by atoms with Crippen LogP contribution in [0.3, 0.4) is 0 Å². The normalized spacial score (nSPS) is 25.2. The van der Waals surface area contributed by atoms with Crippen LogP contribution in [-0.4, -0.2) is 105 Å². The van der Waals surface area contributed by atoms with Crippen molar-refractivity contribution < 1.29 is 79.2 Å². The number of H-pyrrole nitrogens is 2. The Morgan fingerprint density at radius 1 is 0.565 bits per heavy atom. The molecule has 2 aromatic rings. The van der Waals surface area contributed by atoms with Crippen LogP contribution in [-0.2, 0) is 70.5 Å². The van der Waals surface area contributed by atoms with E-state index >= 15 is 0 Å². The molecule has 3 aliphatic rings. The molecule has 2 fully saturated rings. The van der Waals surface area contributed by atoms with Crippen LogP contribution in [0.2, 0.25) is 0 Å². The first kappa shape index (κ1) is 46.2. The highest BCUT2D eigenvalue weighted by molar-refractivity contribution is 5.78. The van der Waals surface area contributed by atoms with Gasteiger partial charge in [-0.05, 0) is 66.2 Å². The maximum Gasteiger partial charge on any atom is 0.307 e. The fraction of sp³-hybridized carbons (Fsp3) is 0.476. The van der Waals surface area contributed by atoms with Gasteiger partial charge >= 0.3 is 47.8 Å². The minimum absolute atomic E-state index is 0.0900. The van der Waals surface area contributed by atoms with Crippen LogP contribution in [0, 0.1) is 22.7 Å². The second-order valence-corrected chi connectivity index (χ2v) is 16.6. The van der Waals surface area contributed by atoms with Gasteiger partial charge in [-0.15, -0.1) is 0 Å². The monoisotopic (exact) mass is 866 g/mol. The zero-order valence-corrected chi connectivity index (χ0v) is 34.0. The molecule has 0 aliphatic carbocycles. The Morgan fingerprint density at radius 3 is 1.48 bits per heavy atom. The molecular weight excluding hydrogens is 816 g/mol. The number of allylic oxidation sites excluding steroid dienone is 3. The number of carbonyl (C=O) groups is 8. The second kappa shape index (κ2) is 18.4. The molecule has 0 unspecified atom stereocenters. The fourth-order valence-corrected chi connectivity index (χ4v) is 9.55. The van der Waals surface area contributed by atoms with E-state index in [9.17, 15) is 79.2 Å². The van der Waals surface area contributed by atoms with Gasteiger partial charge in [-0.25, -0.2) is 0 Å². The zero-order valence-electron chi connectivity index (χ0n) is 34.0.